The summed E-state index contributed by atoms with van der Waals surface area (Å²) in [6.07, 6.45) is 94.2. The maximum atomic E-state index is 12.9. The first-order valence-corrected chi connectivity index (χ1v) is 32.3. The molecule has 0 aliphatic carbocycles. The van der Waals surface area contributed by atoms with Gasteiger partial charge in [0.15, 0.2) is 6.10 Å². The van der Waals surface area contributed by atoms with Crippen molar-refractivity contribution in [3.63, 3.8) is 0 Å². The van der Waals surface area contributed by atoms with Crippen molar-refractivity contribution in [2.45, 2.75) is 284 Å². The van der Waals surface area contributed by atoms with E-state index in [0.29, 0.717) is 19.3 Å². The Bertz CT molecular complexity index is 1730. The molecule has 0 saturated carbocycles. The van der Waals surface area contributed by atoms with Crippen LogP contribution >= 0.6 is 0 Å². The first-order valence-electron chi connectivity index (χ1n) is 32.3. The van der Waals surface area contributed by atoms with Crippen molar-refractivity contribution in [2.75, 3.05) is 13.2 Å². The molecule has 0 saturated heterocycles. The number of carbonyl (C=O) groups excluding carboxylic acids is 3. The summed E-state index contributed by atoms with van der Waals surface area (Å²) in [5, 5.41) is 0. The predicted octanol–water partition coefficient (Wildman–Crippen LogP) is 22.3. The molecule has 0 N–H and O–H groups in total. The first-order chi connectivity index (χ1) is 39.0. The lowest BCUT2D eigenvalue weighted by Crippen LogP contribution is -2.30. The highest BCUT2D eigenvalue weighted by atomic mass is 16.6. The summed E-state index contributed by atoms with van der Waals surface area (Å²) in [6, 6.07) is 0. The first kappa shape index (κ1) is 74.3. The van der Waals surface area contributed by atoms with E-state index in [-0.39, 0.29) is 31.1 Å². The van der Waals surface area contributed by atoms with Gasteiger partial charge in [0.05, 0.1) is 0 Å². The van der Waals surface area contributed by atoms with Gasteiger partial charge in [0, 0.05) is 19.3 Å². The zero-order chi connectivity index (χ0) is 57.1. The van der Waals surface area contributed by atoms with Crippen molar-refractivity contribution in [1.82, 2.24) is 0 Å². The summed E-state index contributed by atoms with van der Waals surface area (Å²) in [7, 11) is 0. The van der Waals surface area contributed by atoms with Crippen LogP contribution in [0.2, 0.25) is 0 Å². The molecule has 0 rings (SSSR count). The van der Waals surface area contributed by atoms with Crippen molar-refractivity contribution in [2.24, 2.45) is 0 Å². The van der Waals surface area contributed by atoms with E-state index in [0.717, 1.165) is 167 Å². The molecular weight excluding hydrogens is 973 g/mol. The smallest absolute Gasteiger partial charge is 0.306 e. The van der Waals surface area contributed by atoms with Crippen LogP contribution in [-0.2, 0) is 28.6 Å². The van der Waals surface area contributed by atoms with Crippen LogP contribution in [0.5, 0.6) is 0 Å². The average molecular weight is 1090 g/mol. The minimum absolute atomic E-state index is 0.0964. The molecule has 79 heavy (non-hydrogen) atoms. The van der Waals surface area contributed by atoms with Gasteiger partial charge < -0.3 is 14.2 Å². The van der Waals surface area contributed by atoms with E-state index in [9.17, 15) is 14.4 Å². The number of hydrogen-bond donors (Lipinski definition) is 0. The van der Waals surface area contributed by atoms with E-state index in [2.05, 4.69) is 167 Å². The van der Waals surface area contributed by atoms with Crippen molar-refractivity contribution in [3.05, 3.63) is 146 Å². The Labute approximate surface area is 487 Å². The zero-order valence-corrected chi connectivity index (χ0v) is 51.1. The van der Waals surface area contributed by atoms with Gasteiger partial charge in [0.2, 0.25) is 0 Å². The molecule has 0 aromatic rings. The molecule has 6 heteroatoms. The molecule has 1 unspecified atom stereocenters. The molecule has 1 atom stereocenters. The third-order valence-corrected chi connectivity index (χ3v) is 13.3. The van der Waals surface area contributed by atoms with Gasteiger partial charge in [0.1, 0.15) is 13.2 Å². The van der Waals surface area contributed by atoms with Crippen molar-refractivity contribution >= 4 is 17.9 Å². The lowest BCUT2D eigenvalue weighted by Gasteiger charge is -2.18. The highest BCUT2D eigenvalue weighted by Crippen LogP contribution is 2.15. The minimum atomic E-state index is -0.800. The topological polar surface area (TPSA) is 78.9 Å². The van der Waals surface area contributed by atoms with Crippen molar-refractivity contribution in [3.8, 4) is 0 Å². The lowest BCUT2D eigenvalue weighted by molar-refractivity contribution is -0.167. The highest BCUT2D eigenvalue weighted by Gasteiger charge is 2.19. The van der Waals surface area contributed by atoms with Crippen molar-refractivity contribution in [1.29, 1.82) is 0 Å². The summed E-state index contributed by atoms with van der Waals surface area (Å²) in [4.78, 5) is 38.3. The fourth-order valence-electron chi connectivity index (χ4n) is 8.53. The maximum absolute atomic E-state index is 12.9. The van der Waals surface area contributed by atoms with Gasteiger partial charge in [-0.15, -0.1) is 0 Å². The Morgan fingerprint density at radius 2 is 0.494 bits per heavy atom. The minimum Gasteiger partial charge on any atom is -0.462 e. The summed E-state index contributed by atoms with van der Waals surface area (Å²) in [6.45, 7) is 6.33. The second-order valence-corrected chi connectivity index (χ2v) is 20.9. The van der Waals surface area contributed by atoms with Gasteiger partial charge >= 0.3 is 17.9 Å². The molecule has 0 fully saturated rings. The molecule has 0 amide bonds. The maximum Gasteiger partial charge on any atom is 0.306 e. The Morgan fingerprint density at radius 3 is 0.772 bits per heavy atom. The molecule has 0 aliphatic heterocycles. The van der Waals surface area contributed by atoms with Gasteiger partial charge in [-0.1, -0.05) is 269 Å². The molecule has 0 bridgehead atoms. The third-order valence-electron chi connectivity index (χ3n) is 13.3. The van der Waals surface area contributed by atoms with Crippen LogP contribution in [-0.4, -0.2) is 37.2 Å². The van der Waals surface area contributed by atoms with Gasteiger partial charge in [-0.2, -0.15) is 0 Å². The van der Waals surface area contributed by atoms with Gasteiger partial charge in [-0.25, -0.2) is 0 Å². The molecule has 446 valence electrons. The Balaban J connectivity index is 4.40. The summed E-state index contributed by atoms with van der Waals surface area (Å²) in [5.74, 6) is -0.928. The summed E-state index contributed by atoms with van der Waals surface area (Å²) in [5.41, 5.74) is 0. The second-order valence-electron chi connectivity index (χ2n) is 20.9. The van der Waals surface area contributed by atoms with E-state index in [4.69, 9.17) is 14.2 Å². The van der Waals surface area contributed by atoms with E-state index in [1.807, 2.05) is 0 Å². The van der Waals surface area contributed by atoms with Gasteiger partial charge in [-0.3, -0.25) is 14.4 Å². The van der Waals surface area contributed by atoms with E-state index >= 15 is 0 Å². The number of esters is 3. The average Bonchev–Trinajstić information content (AvgIpc) is 3.45. The quantitative estimate of drug-likeness (QED) is 0.0261. The van der Waals surface area contributed by atoms with Crippen LogP contribution in [0.1, 0.15) is 278 Å². The highest BCUT2D eigenvalue weighted by molar-refractivity contribution is 5.71. The van der Waals surface area contributed by atoms with Crippen molar-refractivity contribution < 1.29 is 28.6 Å². The SMILES string of the molecule is CC/C=C\C/C=C\C/C=C\C/C=C\C/C=C\C/C=C\CCCCCCCCC(=O)OCC(COC(=O)CCCCCCC/C=C\C/C=C\CCC)OC(=O)CCCCCCCCCCCC/C=C\C/C=C\C/C=C\C/C=C\CC. The standard InChI is InChI=1S/C73H118O6/c1-4-7-10-13-16-19-22-25-27-29-31-33-35-36-38-39-41-43-45-48-51-54-57-60-63-66-72(75)78-69-70(68-77-71(74)65-62-59-56-53-50-47-24-21-18-15-12-9-6-3)79-73(76)67-64-61-58-55-52-49-46-44-42-40-37-34-32-30-28-26-23-20-17-14-11-8-5-2/h7-8,10-12,15-17,19-21,24-28,31-34,36,38,41,43,70H,4-6,9,13-14,18,22-23,29-30,35,37,39-40,42,44-69H2,1-3H3/b10-7-,11-8-,15-12-,19-16-,20-17-,24-21-,27-25-,28-26-,33-31-,34-32-,38-36-,43-41-. The molecule has 0 aliphatic rings. The third kappa shape index (κ3) is 64.0. The number of rotatable bonds is 57. The number of unbranched alkanes of at least 4 members (excludes halogenated alkanes) is 22. The lowest BCUT2D eigenvalue weighted by atomic mass is 10.0. The summed E-state index contributed by atoms with van der Waals surface area (Å²) < 4.78 is 16.9. The van der Waals surface area contributed by atoms with Crippen LogP contribution in [0.25, 0.3) is 0 Å². The number of allylic oxidation sites excluding steroid dienone is 24. The molecule has 6 nitrogen and oxygen atoms in total. The molecule has 0 aromatic carbocycles. The fraction of sp³-hybridized carbons (Fsp3) is 0.630. The fourth-order valence-corrected chi connectivity index (χ4v) is 8.53. The van der Waals surface area contributed by atoms with Gasteiger partial charge in [0.25, 0.3) is 0 Å². The molecule has 0 aromatic heterocycles. The van der Waals surface area contributed by atoms with E-state index < -0.39 is 6.10 Å². The van der Waals surface area contributed by atoms with E-state index in [1.54, 1.807) is 0 Å². The van der Waals surface area contributed by atoms with E-state index in [1.165, 1.54) is 70.6 Å². The largest absolute Gasteiger partial charge is 0.462 e. The Hall–Kier alpha value is -4.71. The monoisotopic (exact) mass is 1090 g/mol. The second kappa shape index (κ2) is 65.8. The number of hydrogen-bond acceptors (Lipinski definition) is 6. The molecule has 0 radical (unpaired) electrons. The zero-order valence-electron chi connectivity index (χ0n) is 51.1. The number of carbonyl (C=O) groups is 3. The number of ether oxygens (including phenoxy) is 3. The van der Waals surface area contributed by atoms with Crippen LogP contribution in [0, 0.1) is 0 Å². The van der Waals surface area contributed by atoms with Gasteiger partial charge in [-0.05, 0) is 135 Å². The van der Waals surface area contributed by atoms with Crippen LogP contribution in [0.3, 0.4) is 0 Å². The Kier molecular flexibility index (Phi) is 61.9. The normalized spacial score (nSPS) is 13.1. The summed E-state index contributed by atoms with van der Waals surface area (Å²) >= 11 is 0. The van der Waals surface area contributed by atoms with Crippen LogP contribution in [0.15, 0.2) is 146 Å². The van der Waals surface area contributed by atoms with Crippen LogP contribution < -0.4 is 0 Å². The Morgan fingerprint density at radius 1 is 0.266 bits per heavy atom. The molecule has 0 spiro atoms. The predicted molar refractivity (Wildman–Crippen MR) is 343 cm³/mol. The molecular formula is C73H118O6. The molecule has 0 heterocycles. The van der Waals surface area contributed by atoms with Crippen LogP contribution in [0.4, 0.5) is 0 Å².